The average molecular weight is 309 g/mol. The van der Waals surface area contributed by atoms with E-state index < -0.39 is 0 Å². The maximum atomic E-state index is 4.47. The Balaban J connectivity index is 0.00000220. The van der Waals surface area contributed by atoms with E-state index in [0.717, 1.165) is 30.0 Å². The number of unbranched alkanes of at least 4 members (excludes halogenated alkanes) is 3. The van der Waals surface area contributed by atoms with Gasteiger partial charge in [0.2, 0.25) is 0 Å². The van der Waals surface area contributed by atoms with Crippen LogP contribution in [-0.4, -0.2) is 21.5 Å². The van der Waals surface area contributed by atoms with E-state index in [2.05, 4.69) is 34.6 Å². The van der Waals surface area contributed by atoms with Gasteiger partial charge in [-0.25, -0.2) is 0 Å². The summed E-state index contributed by atoms with van der Waals surface area (Å²) in [6.07, 6.45) is 5.13. The number of hydrogen-bond donors (Lipinski definition) is 1. The van der Waals surface area contributed by atoms with Gasteiger partial charge >= 0.3 is 0 Å². The van der Waals surface area contributed by atoms with Gasteiger partial charge < -0.3 is 5.32 Å². The first kappa shape index (κ1) is 17.7. The Kier molecular flexibility index (Phi) is 8.01. The second kappa shape index (κ2) is 9.53. The van der Waals surface area contributed by atoms with Crippen molar-refractivity contribution in [2.75, 3.05) is 6.54 Å². The van der Waals surface area contributed by atoms with Crippen LogP contribution in [0.15, 0.2) is 30.3 Å². The van der Waals surface area contributed by atoms with Gasteiger partial charge in [-0.2, -0.15) is 15.0 Å². The molecule has 1 heterocycles. The average Bonchev–Trinajstić information content (AvgIpc) is 2.85. The molecule has 0 fully saturated rings. The zero-order chi connectivity index (χ0) is 14.2. The van der Waals surface area contributed by atoms with E-state index in [4.69, 9.17) is 0 Å². The summed E-state index contributed by atoms with van der Waals surface area (Å²) in [5.41, 5.74) is 3.13. The smallest absolute Gasteiger partial charge is 0.117 e. The zero-order valence-electron chi connectivity index (χ0n) is 12.9. The van der Waals surface area contributed by atoms with Gasteiger partial charge in [0, 0.05) is 19.2 Å². The molecule has 21 heavy (non-hydrogen) atoms. The van der Waals surface area contributed by atoms with E-state index in [-0.39, 0.29) is 12.4 Å². The van der Waals surface area contributed by atoms with Crippen LogP contribution in [0.1, 0.15) is 38.3 Å². The van der Waals surface area contributed by atoms with Crippen molar-refractivity contribution in [3.8, 4) is 11.3 Å². The molecule has 1 aromatic heterocycles. The highest BCUT2D eigenvalue weighted by atomic mass is 35.5. The molecule has 1 N–H and O–H groups in total. The lowest BCUT2D eigenvalue weighted by atomic mass is 10.1. The molecule has 0 amide bonds. The van der Waals surface area contributed by atoms with Crippen LogP contribution in [0, 0.1) is 0 Å². The molecule has 116 valence electrons. The predicted octanol–water partition coefficient (Wildman–Crippen LogP) is 3.57. The van der Waals surface area contributed by atoms with Crippen LogP contribution in [0.25, 0.3) is 11.3 Å². The Morgan fingerprint density at radius 2 is 1.81 bits per heavy atom. The molecule has 2 aromatic rings. The van der Waals surface area contributed by atoms with Crippen molar-refractivity contribution in [1.82, 2.24) is 20.3 Å². The number of nitrogens with zero attached hydrogens (tertiary/aromatic N) is 3. The number of aromatic nitrogens is 3. The molecule has 0 saturated heterocycles. The van der Waals surface area contributed by atoms with Crippen molar-refractivity contribution in [2.24, 2.45) is 7.05 Å². The number of aryl methyl sites for hydroxylation is 1. The van der Waals surface area contributed by atoms with Gasteiger partial charge in [0.15, 0.2) is 0 Å². The molecule has 5 heteroatoms. The first-order chi connectivity index (χ1) is 9.81. The molecule has 4 nitrogen and oxygen atoms in total. The summed E-state index contributed by atoms with van der Waals surface area (Å²) < 4.78 is 0. The second-order valence-electron chi connectivity index (χ2n) is 5.09. The van der Waals surface area contributed by atoms with E-state index in [1.165, 1.54) is 25.7 Å². The van der Waals surface area contributed by atoms with Gasteiger partial charge in [-0.15, -0.1) is 12.4 Å². The summed E-state index contributed by atoms with van der Waals surface area (Å²) in [4.78, 5) is 1.65. The Bertz CT molecular complexity index is 510. The molecule has 0 atom stereocenters. The fraction of sp³-hybridized carbons (Fsp3) is 0.500. The summed E-state index contributed by atoms with van der Waals surface area (Å²) in [6, 6.07) is 10.2. The minimum Gasteiger partial charge on any atom is -0.311 e. The van der Waals surface area contributed by atoms with E-state index in [1.54, 1.807) is 4.80 Å². The van der Waals surface area contributed by atoms with Crippen molar-refractivity contribution < 1.29 is 0 Å². The summed E-state index contributed by atoms with van der Waals surface area (Å²) in [5, 5.41) is 12.4. The van der Waals surface area contributed by atoms with Crippen molar-refractivity contribution in [3.63, 3.8) is 0 Å². The molecule has 0 aliphatic rings. The van der Waals surface area contributed by atoms with E-state index in [1.807, 2.05) is 25.2 Å². The first-order valence-corrected chi connectivity index (χ1v) is 7.47. The molecular weight excluding hydrogens is 284 g/mol. The van der Waals surface area contributed by atoms with Crippen LogP contribution in [0.5, 0.6) is 0 Å². The van der Waals surface area contributed by atoms with Crippen LogP contribution < -0.4 is 5.32 Å². The molecule has 0 unspecified atom stereocenters. The maximum absolute atomic E-state index is 4.47. The lowest BCUT2D eigenvalue weighted by Gasteiger charge is -2.04. The highest BCUT2D eigenvalue weighted by Gasteiger charge is 2.10. The highest BCUT2D eigenvalue weighted by Crippen LogP contribution is 2.19. The molecule has 1 aromatic carbocycles. The van der Waals surface area contributed by atoms with Crippen molar-refractivity contribution in [2.45, 2.75) is 39.2 Å². The number of benzene rings is 1. The lowest BCUT2D eigenvalue weighted by Crippen LogP contribution is -2.15. The van der Waals surface area contributed by atoms with Gasteiger partial charge in [-0.05, 0) is 13.0 Å². The van der Waals surface area contributed by atoms with Crippen molar-refractivity contribution >= 4 is 12.4 Å². The van der Waals surface area contributed by atoms with Crippen molar-refractivity contribution in [1.29, 1.82) is 0 Å². The second-order valence-corrected chi connectivity index (χ2v) is 5.09. The highest BCUT2D eigenvalue weighted by molar-refractivity contribution is 5.85. The zero-order valence-corrected chi connectivity index (χ0v) is 13.7. The standard InChI is InChI=1S/C16H24N4.ClH/c1-3-4-5-9-12-17-13-15-16(19-20(2)18-15)14-10-7-6-8-11-14;/h6-8,10-11,17H,3-5,9,12-13H2,1-2H3;1H. The number of halogens is 1. The van der Waals surface area contributed by atoms with Gasteiger partial charge in [0.05, 0.1) is 0 Å². The molecule has 0 saturated carbocycles. The molecular formula is C16H25ClN4. The molecule has 2 rings (SSSR count). The number of rotatable bonds is 8. The molecule has 0 bridgehead atoms. The molecule has 0 aliphatic heterocycles. The minimum absolute atomic E-state index is 0. The molecule has 0 spiro atoms. The van der Waals surface area contributed by atoms with E-state index in [0.29, 0.717) is 0 Å². The third kappa shape index (κ3) is 5.48. The Morgan fingerprint density at radius 3 is 2.52 bits per heavy atom. The van der Waals surface area contributed by atoms with Gasteiger partial charge in [0.1, 0.15) is 11.4 Å². The van der Waals surface area contributed by atoms with E-state index >= 15 is 0 Å². The van der Waals surface area contributed by atoms with Crippen LogP contribution in [0.4, 0.5) is 0 Å². The fourth-order valence-electron chi connectivity index (χ4n) is 2.27. The van der Waals surface area contributed by atoms with Crippen LogP contribution in [0.3, 0.4) is 0 Å². The fourth-order valence-corrected chi connectivity index (χ4v) is 2.27. The van der Waals surface area contributed by atoms with E-state index in [9.17, 15) is 0 Å². The number of nitrogens with one attached hydrogen (secondary N) is 1. The van der Waals surface area contributed by atoms with Crippen LogP contribution in [-0.2, 0) is 13.6 Å². The Labute approximate surface area is 133 Å². The summed E-state index contributed by atoms with van der Waals surface area (Å²) >= 11 is 0. The van der Waals surface area contributed by atoms with Gasteiger partial charge in [-0.3, -0.25) is 0 Å². The van der Waals surface area contributed by atoms with Gasteiger partial charge in [0.25, 0.3) is 0 Å². The SMILES string of the molecule is CCCCCCNCc1nn(C)nc1-c1ccccc1.Cl. The topological polar surface area (TPSA) is 42.7 Å². The summed E-state index contributed by atoms with van der Waals surface area (Å²) in [5.74, 6) is 0. The quantitative estimate of drug-likeness (QED) is 0.758. The summed E-state index contributed by atoms with van der Waals surface area (Å²) in [6.45, 7) is 4.06. The Morgan fingerprint density at radius 1 is 1.05 bits per heavy atom. The van der Waals surface area contributed by atoms with Crippen molar-refractivity contribution in [3.05, 3.63) is 36.0 Å². The van der Waals surface area contributed by atoms with Crippen LogP contribution >= 0.6 is 12.4 Å². The monoisotopic (exact) mass is 308 g/mol. The minimum atomic E-state index is 0. The summed E-state index contributed by atoms with van der Waals surface area (Å²) in [7, 11) is 1.87. The molecule has 0 aliphatic carbocycles. The third-order valence-electron chi connectivity index (χ3n) is 3.33. The molecule has 0 radical (unpaired) electrons. The maximum Gasteiger partial charge on any atom is 0.117 e. The first-order valence-electron chi connectivity index (χ1n) is 7.47. The normalized spacial score (nSPS) is 10.4. The van der Waals surface area contributed by atoms with Crippen LogP contribution in [0.2, 0.25) is 0 Å². The third-order valence-corrected chi connectivity index (χ3v) is 3.33. The number of hydrogen-bond acceptors (Lipinski definition) is 3. The Hall–Kier alpha value is -1.39. The predicted molar refractivity (Wildman–Crippen MR) is 89.5 cm³/mol. The largest absolute Gasteiger partial charge is 0.311 e. The lowest BCUT2D eigenvalue weighted by molar-refractivity contribution is 0.584. The van der Waals surface area contributed by atoms with Gasteiger partial charge in [-0.1, -0.05) is 56.5 Å².